The zero-order chi connectivity index (χ0) is 45.3. The Kier molecular flexibility index (Phi) is 15.7. The summed E-state index contributed by atoms with van der Waals surface area (Å²) in [4.78, 5) is 39.6. The molecule has 336 valence electrons. The molecule has 2 aliphatic heterocycles. The van der Waals surface area contributed by atoms with Crippen molar-refractivity contribution < 1.29 is 19.1 Å². The molecule has 64 heavy (non-hydrogen) atoms. The first-order valence-electron chi connectivity index (χ1n) is 21.9. The number of hydrogen-bond donors (Lipinski definition) is 2. The minimum atomic E-state index is -0.197. The summed E-state index contributed by atoms with van der Waals surface area (Å²) in [7, 11) is 0. The monoisotopic (exact) mass is 904 g/mol. The maximum Gasteiger partial charge on any atom is 0.249 e. The van der Waals surface area contributed by atoms with Gasteiger partial charge in [0.2, 0.25) is 11.8 Å². The van der Waals surface area contributed by atoms with Crippen molar-refractivity contribution in [3.63, 3.8) is 0 Å². The van der Waals surface area contributed by atoms with Gasteiger partial charge in [0.25, 0.3) is 0 Å². The maximum atomic E-state index is 12.9. The lowest BCUT2D eigenvalue weighted by atomic mass is 10.00. The van der Waals surface area contributed by atoms with Crippen LogP contribution < -0.4 is 11.5 Å². The van der Waals surface area contributed by atoms with E-state index in [-0.39, 0.29) is 61.2 Å². The predicted molar refractivity (Wildman–Crippen MR) is 253 cm³/mol. The average Bonchev–Trinajstić information content (AvgIpc) is 3.90. The molecule has 4 atom stereocenters. The standard InChI is InChI=1S/2C25H29ClN4O2/c2*1-17(2)24(30-14-21(12-27)32-16-23(30)31)25-28-22(19-9-6-10-20(26)11-19)15-29(25)13-18-7-4-3-5-8-18/h2*3-11,15,17,21,24H,12-14,16,27H2,1-2H3/t21-,24+;21-,24-/m01/s1. The van der Waals surface area contributed by atoms with E-state index >= 15 is 0 Å². The summed E-state index contributed by atoms with van der Waals surface area (Å²) in [6.45, 7) is 11.6. The molecule has 2 aliphatic rings. The quantitative estimate of drug-likeness (QED) is 0.111. The van der Waals surface area contributed by atoms with Crippen LogP contribution >= 0.6 is 23.2 Å². The number of benzene rings is 4. The van der Waals surface area contributed by atoms with E-state index in [0.29, 0.717) is 49.3 Å². The van der Waals surface area contributed by atoms with Crippen molar-refractivity contribution in [2.45, 2.75) is 65.1 Å². The second kappa shape index (κ2) is 21.6. The molecule has 12 nitrogen and oxygen atoms in total. The Morgan fingerprint density at radius 1 is 0.594 bits per heavy atom. The van der Waals surface area contributed by atoms with Crippen molar-refractivity contribution in [3.8, 4) is 22.5 Å². The zero-order valence-electron chi connectivity index (χ0n) is 36.9. The van der Waals surface area contributed by atoms with Crippen LogP contribution in [0.25, 0.3) is 22.5 Å². The molecule has 2 saturated heterocycles. The molecule has 2 fully saturated rings. The van der Waals surface area contributed by atoms with Crippen molar-refractivity contribution >= 4 is 35.0 Å². The first kappa shape index (κ1) is 46.6. The second-order valence-electron chi connectivity index (χ2n) is 17.0. The van der Waals surface area contributed by atoms with Crippen LogP contribution in [-0.4, -0.2) is 92.3 Å². The minimum absolute atomic E-state index is 0.0352. The van der Waals surface area contributed by atoms with Crippen molar-refractivity contribution in [1.82, 2.24) is 28.9 Å². The lowest BCUT2D eigenvalue weighted by molar-refractivity contribution is -0.154. The highest BCUT2D eigenvalue weighted by Crippen LogP contribution is 2.35. The van der Waals surface area contributed by atoms with Crippen molar-refractivity contribution in [2.75, 3.05) is 39.4 Å². The Bertz CT molecular complexity index is 2300. The van der Waals surface area contributed by atoms with Gasteiger partial charge in [-0.3, -0.25) is 9.59 Å². The molecule has 0 unspecified atom stereocenters. The molecule has 2 amide bonds. The van der Waals surface area contributed by atoms with Gasteiger partial charge in [0.1, 0.15) is 24.9 Å². The van der Waals surface area contributed by atoms with E-state index < -0.39 is 0 Å². The SMILES string of the molecule is CC(C)[C@H](c1nc(-c2cccc(Cl)c2)cn1Cc1ccccc1)N1C[C@@H](CN)OCC1=O.CC(C)[C@H](c1nc(-c2cccc(Cl)c2)cn1Cc1ccccc1)N1C[C@H](CN)OCC1=O. The first-order valence-corrected chi connectivity index (χ1v) is 22.6. The van der Waals surface area contributed by atoms with Gasteiger partial charge >= 0.3 is 0 Å². The number of ether oxygens (including phenoxy) is 2. The van der Waals surface area contributed by atoms with Crippen LogP contribution in [0.5, 0.6) is 0 Å². The molecule has 14 heteroatoms. The fourth-order valence-electron chi connectivity index (χ4n) is 8.43. The number of nitrogens with two attached hydrogens (primary N) is 2. The Hall–Kier alpha value is -5.34. The summed E-state index contributed by atoms with van der Waals surface area (Å²) in [6.07, 6.45) is 3.77. The Morgan fingerprint density at radius 2 is 0.984 bits per heavy atom. The minimum Gasteiger partial charge on any atom is -0.365 e. The van der Waals surface area contributed by atoms with Gasteiger partial charge < -0.3 is 39.9 Å². The largest absolute Gasteiger partial charge is 0.365 e. The number of amides is 2. The molecule has 0 radical (unpaired) electrons. The smallest absolute Gasteiger partial charge is 0.249 e. The third-order valence-corrected chi connectivity index (χ3v) is 12.0. The van der Waals surface area contributed by atoms with Crippen LogP contribution in [0.3, 0.4) is 0 Å². The van der Waals surface area contributed by atoms with E-state index in [4.69, 9.17) is 54.1 Å². The number of carbonyl (C=O) groups excluding carboxylic acids is 2. The molecule has 4 N–H and O–H groups in total. The van der Waals surface area contributed by atoms with Gasteiger partial charge in [-0.2, -0.15) is 0 Å². The molecule has 8 rings (SSSR count). The Labute approximate surface area is 386 Å². The number of aromatic nitrogens is 4. The summed E-state index contributed by atoms with van der Waals surface area (Å²) in [5.74, 6) is 1.94. The van der Waals surface area contributed by atoms with Crippen LogP contribution in [0.4, 0.5) is 0 Å². The van der Waals surface area contributed by atoms with E-state index in [0.717, 1.165) is 34.2 Å². The van der Waals surface area contributed by atoms with Gasteiger partial charge in [0, 0.05) is 72.8 Å². The van der Waals surface area contributed by atoms with Crippen LogP contribution in [0, 0.1) is 11.8 Å². The highest BCUT2D eigenvalue weighted by atomic mass is 35.5. The van der Waals surface area contributed by atoms with Gasteiger partial charge in [0.05, 0.1) is 35.7 Å². The molecule has 0 saturated carbocycles. The molecule has 0 aliphatic carbocycles. The maximum absolute atomic E-state index is 12.9. The highest BCUT2D eigenvalue weighted by Gasteiger charge is 2.38. The van der Waals surface area contributed by atoms with Gasteiger partial charge in [-0.05, 0) is 47.2 Å². The fraction of sp³-hybridized carbons (Fsp3) is 0.360. The van der Waals surface area contributed by atoms with Gasteiger partial charge in [-0.15, -0.1) is 0 Å². The first-order chi connectivity index (χ1) is 30.9. The summed E-state index contributed by atoms with van der Waals surface area (Å²) in [6, 6.07) is 35.5. The zero-order valence-corrected chi connectivity index (χ0v) is 38.4. The predicted octanol–water partition coefficient (Wildman–Crippen LogP) is 8.27. The van der Waals surface area contributed by atoms with Crippen molar-refractivity contribution in [1.29, 1.82) is 0 Å². The molecule has 4 aromatic carbocycles. The summed E-state index contributed by atoms with van der Waals surface area (Å²) in [5.41, 5.74) is 17.6. The molecular weight excluding hydrogens is 848 g/mol. The van der Waals surface area contributed by atoms with E-state index in [1.807, 2.05) is 94.7 Å². The number of hydrogen-bond acceptors (Lipinski definition) is 8. The van der Waals surface area contributed by atoms with Gasteiger partial charge in [-0.25, -0.2) is 9.97 Å². The van der Waals surface area contributed by atoms with E-state index in [9.17, 15) is 9.59 Å². The summed E-state index contributed by atoms with van der Waals surface area (Å²) >= 11 is 12.5. The van der Waals surface area contributed by atoms with Crippen LogP contribution in [0.15, 0.2) is 122 Å². The lowest BCUT2D eigenvalue weighted by Gasteiger charge is -2.39. The summed E-state index contributed by atoms with van der Waals surface area (Å²) in [5, 5.41) is 1.33. The number of imidazole rings is 2. The number of carbonyl (C=O) groups is 2. The Balaban J connectivity index is 0.000000191. The van der Waals surface area contributed by atoms with Crippen LogP contribution in [0.2, 0.25) is 10.0 Å². The topological polar surface area (TPSA) is 147 Å². The highest BCUT2D eigenvalue weighted by molar-refractivity contribution is 6.31. The fourth-order valence-corrected chi connectivity index (χ4v) is 8.81. The van der Waals surface area contributed by atoms with E-state index in [1.165, 1.54) is 11.1 Å². The average molecular weight is 906 g/mol. The second-order valence-corrected chi connectivity index (χ2v) is 17.9. The number of nitrogens with zero attached hydrogens (tertiary/aromatic N) is 6. The molecule has 2 aromatic heterocycles. The molecule has 0 spiro atoms. The molecule has 0 bridgehead atoms. The third kappa shape index (κ3) is 11.3. The van der Waals surface area contributed by atoms with Crippen molar-refractivity contribution in [2.24, 2.45) is 23.3 Å². The summed E-state index contributed by atoms with van der Waals surface area (Å²) < 4.78 is 15.5. The number of halogens is 2. The normalized spacial score (nSPS) is 17.7. The Morgan fingerprint density at radius 3 is 1.33 bits per heavy atom. The van der Waals surface area contributed by atoms with Gasteiger partial charge in [-0.1, -0.05) is 136 Å². The lowest BCUT2D eigenvalue weighted by Crippen LogP contribution is -2.51. The molecule has 6 aromatic rings. The number of rotatable bonds is 14. The third-order valence-electron chi connectivity index (χ3n) is 11.6. The van der Waals surface area contributed by atoms with Gasteiger partial charge in [0.15, 0.2) is 0 Å². The van der Waals surface area contributed by atoms with Crippen LogP contribution in [0.1, 0.15) is 62.6 Å². The van der Waals surface area contributed by atoms with Crippen LogP contribution in [-0.2, 0) is 32.2 Å². The number of morpholine rings is 2. The molecular formula is C50H58Cl2N8O4. The van der Waals surface area contributed by atoms with E-state index in [1.54, 1.807) is 0 Å². The molecule has 4 heterocycles. The van der Waals surface area contributed by atoms with Crippen molar-refractivity contribution in [3.05, 3.63) is 154 Å². The van der Waals surface area contributed by atoms with E-state index in [2.05, 4.69) is 73.5 Å².